The molecule has 0 fully saturated rings. The molecule has 20 heavy (non-hydrogen) atoms. The van der Waals surface area contributed by atoms with Crippen LogP contribution in [0.15, 0.2) is 35.7 Å². The summed E-state index contributed by atoms with van der Waals surface area (Å²) in [4.78, 5) is 13.9. The molecule has 0 atom stereocenters. The third-order valence-corrected chi connectivity index (χ3v) is 5.18. The van der Waals surface area contributed by atoms with Gasteiger partial charge in [0.2, 0.25) is 0 Å². The van der Waals surface area contributed by atoms with Crippen molar-refractivity contribution < 1.29 is 4.79 Å². The summed E-state index contributed by atoms with van der Waals surface area (Å²) in [5.41, 5.74) is 6.57. The van der Waals surface area contributed by atoms with Crippen molar-refractivity contribution in [2.45, 2.75) is 6.54 Å². The van der Waals surface area contributed by atoms with Crippen LogP contribution in [0.4, 0.5) is 5.69 Å². The summed E-state index contributed by atoms with van der Waals surface area (Å²) in [7, 11) is 0. The lowest BCUT2D eigenvalue weighted by atomic mass is 10.2. The second-order valence-corrected chi connectivity index (χ2v) is 6.77. The van der Waals surface area contributed by atoms with E-state index in [1.165, 1.54) is 11.3 Å². The molecule has 3 aromatic rings. The van der Waals surface area contributed by atoms with Crippen molar-refractivity contribution in [3.8, 4) is 0 Å². The van der Waals surface area contributed by atoms with Crippen LogP contribution in [0, 0.1) is 0 Å². The van der Waals surface area contributed by atoms with Crippen LogP contribution in [0.25, 0.3) is 10.1 Å². The second-order valence-electron chi connectivity index (χ2n) is 4.25. The Bertz CT molecular complexity index is 765. The highest BCUT2D eigenvalue weighted by Crippen LogP contribution is 2.35. The first-order chi connectivity index (χ1) is 9.65. The van der Waals surface area contributed by atoms with E-state index in [2.05, 4.69) is 5.32 Å². The number of carbonyl (C=O) groups excluding carboxylic acids is 1. The molecule has 3 N–H and O–H groups in total. The molecular weight excluding hydrogens is 312 g/mol. The van der Waals surface area contributed by atoms with Gasteiger partial charge in [-0.25, -0.2) is 0 Å². The SMILES string of the molecule is Nc1c(C(=O)NCc2cccs2)sc2cc(Cl)ccc12. The number of nitrogen functional groups attached to an aromatic ring is 1. The summed E-state index contributed by atoms with van der Waals surface area (Å²) in [6.45, 7) is 0.519. The summed E-state index contributed by atoms with van der Waals surface area (Å²) in [5, 5.41) is 6.39. The van der Waals surface area contributed by atoms with E-state index in [-0.39, 0.29) is 5.91 Å². The van der Waals surface area contributed by atoms with E-state index in [0.29, 0.717) is 22.1 Å². The summed E-state index contributed by atoms with van der Waals surface area (Å²) >= 11 is 8.93. The van der Waals surface area contributed by atoms with Gasteiger partial charge >= 0.3 is 0 Å². The number of amides is 1. The largest absolute Gasteiger partial charge is 0.397 e. The zero-order valence-electron chi connectivity index (χ0n) is 10.4. The number of halogens is 1. The molecule has 0 bridgehead atoms. The predicted octanol–water partition coefficient (Wildman–Crippen LogP) is 4.13. The van der Waals surface area contributed by atoms with Gasteiger partial charge in [-0.3, -0.25) is 4.79 Å². The van der Waals surface area contributed by atoms with Gasteiger partial charge in [0.25, 0.3) is 5.91 Å². The van der Waals surface area contributed by atoms with Crippen molar-refractivity contribution in [1.29, 1.82) is 0 Å². The van der Waals surface area contributed by atoms with E-state index in [1.807, 2.05) is 29.6 Å². The number of hydrogen-bond acceptors (Lipinski definition) is 4. The Balaban J connectivity index is 1.85. The maximum atomic E-state index is 12.2. The van der Waals surface area contributed by atoms with Gasteiger partial charge in [-0.1, -0.05) is 17.7 Å². The highest BCUT2D eigenvalue weighted by Gasteiger charge is 2.16. The quantitative estimate of drug-likeness (QED) is 0.761. The van der Waals surface area contributed by atoms with Crippen LogP contribution in [-0.2, 0) is 6.54 Å². The lowest BCUT2D eigenvalue weighted by molar-refractivity contribution is 0.0956. The predicted molar refractivity (Wildman–Crippen MR) is 86.7 cm³/mol. The zero-order chi connectivity index (χ0) is 14.1. The van der Waals surface area contributed by atoms with Crippen molar-refractivity contribution in [2.75, 3.05) is 5.73 Å². The summed E-state index contributed by atoms with van der Waals surface area (Å²) in [5.74, 6) is -0.145. The zero-order valence-corrected chi connectivity index (χ0v) is 12.7. The van der Waals surface area contributed by atoms with E-state index in [1.54, 1.807) is 17.4 Å². The van der Waals surface area contributed by atoms with Gasteiger partial charge in [-0.05, 0) is 29.6 Å². The molecule has 0 saturated heterocycles. The average molecular weight is 323 g/mol. The fourth-order valence-corrected chi connectivity index (χ4v) is 3.88. The summed E-state index contributed by atoms with van der Waals surface area (Å²) < 4.78 is 0.927. The van der Waals surface area contributed by atoms with Crippen molar-refractivity contribution in [3.05, 3.63) is 50.5 Å². The van der Waals surface area contributed by atoms with Crippen LogP contribution in [0.5, 0.6) is 0 Å². The molecule has 1 aromatic carbocycles. The second kappa shape index (κ2) is 5.44. The third-order valence-electron chi connectivity index (χ3n) is 2.90. The highest BCUT2D eigenvalue weighted by molar-refractivity contribution is 7.21. The van der Waals surface area contributed by atoms with Crippen LogP contribution in [0.1, 0.15) is 14.5 Å². The Morgan fingerprint density at radius 3 is 2.95 bits per heavy atom. The first kappa shape index (κ1) is 13.4. The van der Waals surface area contributed by atoms with Crippen LogP contribution in [-0.4, -0.2) is 5.91 Å². The van der Waals surface area contributed by atoms with Gasteiger partial charge in [0.1, 0.15) is 4.88 Å². The fraction of sp³-hybridized carbons (Fsp3) is 0.0714. The molecule has 2 heterocycles. The van der Waals surface area contributed by atoms with Crippen molar-refractivity contribution in [1.82, 2.24) is 5.32 Å². The minimum atomic E-state index is -0.145. The molecule has 6 heteroatoms. The number of fused-ring (bicyclic) bond motifs is 1. The summed E-state index contributed by atoms with van der Waals surface area (Å²) in [6.07, 6.45) is 0. The smallest absolute Gasteiger partial charge is 0.263 e. The minimum Gasteiger partial charge on any atom is -0.397 e. The van der Waals surface area contributed by atoms with Gasteiger partial charge in [0.05, 0.1) is 12.2 Å². The number of thiophene rings is 2. The number of rotatable bonds is 3. The average Bonchev–Trinajstić information content (AvgIpc) is 3.04. The van der Waals surface area contributed by atoms with Gasteiger partial charge in [0.15, 0.2) is 0 Å². The van der Waals surface area contributed by atoms with Crippen LogP contribution in [0.3, 0.4) is 0 Å². The summed E-state index contributed by atoms with van der Waals surface area (Å²) in [6, 6.07) is 9.40. The third kappa shape index (κ3) is 2.52. The Kier molecular flexibility index (Phi) is 3.65. The Hall–Kier alpha value is -1.56. The van der Waals surface area contributed by atoms with Gasteiger partial charge in [0, 0.05) is 20.0 Å². The molecule has 0 aliphatic heterocycles. The lowest BCUT2D eigenvalue weighted by Gasteiger charge is -2.02. The lowest BCUT2D eigenvalue weighted by Crippen LogP contribution is -2.22. The molecule has 1 amide bonds. The fourth-order valence-electron chi connectivity index (χ4n) is 1.92. The van der Waals surface area contributed by atoms with Crippen LogP contribution < -0.4 is 11.1 Å². The van der Waals surface area contributed by atoms with Crippen molar-refractivity contribution >= 4 is 56.0 Å². The van der Waals surface area contributed by atoms with E-state index in [9.17, 15) is 4.79 Å². The molecule has 0 radical (unpaired) electrons. The van der Waals surface area contributed by atoms with Crippen molar-refractivity contribution in [3.63, 3.8) is 0 Å². The van der Waals surface area contributed by atoms with Crippen LogP contribution in [0.2, 0.25) is 5.02 Å². The molecule has 3 nitrogen and oxygen atoms in total. The first-order valence-electron chi connectivity index (χ1n) is 5.93. The number of nitrogens with two attached hydrogens (primary N) is 1. The topological polar surface area (TPSA) is 55.1 Å². The molecule has 0 unspecified atom stereocenters. The minimum absolute atomic E-state index is 0.145. The van der Waals surface area contributed by atoms with Gasteiger partial charge < -0.3 is 11.1 Å². The number of carbonyl (C=O) groups is 1. The standard InChI is InChI=1S/C14H11ClN2OS2/c15-8-3-4-10-11(6-8)20-13(12(10)16)14(18)17-7-9-2-1-5-19-9/h1-6H,7,16H2,(H,17,18). The Morgan fingerprint density at radius 2 is 2.20 bits per heavy atom. The van der Waals surface area contributed by atoms with E-state index in [4.69, 9.17) is 17.3 Å². The van der Waals surface area contributed by atoms with Crippen molar-refractivity contribution in [2.24, 2.45) is 0 Å². The number of nitrogens with one attached hydrogen (secondary N) is 1. The normalized spacial score (nSPS) is 10.8. The van der Waals surface area contributed by atoms with Gasteiger partial charge in [-0.2, -0.15) is 0 Å². The maximum absolute atomic E-state index is 12.2. The first-order valence-corrected chi connectivity index (χ1v) is 8.00. The molecular formula is C14H11ClN2OS2. The molecule has 0 aliphatic carbocycles. The highest BCUT2D eigenvalue weighted by atomic mass is 35.5. The molecule has 2 aromatic heterocycles. The molecule has 102 valence electrons. The molecule has 3 rings (SSSR count). The van der Waals surface area contributed by atoms with E-state index in [0.717, 1.165) is 15.0 Å². The number of hydrogen-bond donors (Lipinski definition) is 2. The van der Waals surface area contributed by atoms with E-state index < -0.39 is 0 Å². The Labute approximate surface area is 129 Å². The van der Waals surface area contributed by atoms with Gasteiger partial charge in [-0.15, -0.1) is 22.7 Å². The number of anilines is 1. The number of benzene rings is 1. The maximum Gasteiger partial charge on any atom is 0.263 e. The molecule has 0 spiro atoms. The van der Waals surface area contributed by atoms with Crippen LogP contribution >= 0.6 is 34.3 Å². The Morgan fingerprint density at radius 1 is 1.35 bits per heavy atom. The molecule has 0 aliphatic rings. The van der Waals surface area contributed by atoms with E-state index >= 15 is 0 Å². The molecule has 0 saturated carbocycles. The monoisotopic (exact) mass is 322 g/mol.